The second-order valence-electron chi connectivity index (χ2n) is 5.66. The minimum atomic E-state index is -3.84. The van der Waals surface area contributed by atoms with Gasteiger partial charge in [-0.3, -0.25) is 0 Å². The average Bonchev–Trinajstić information content (AvgIpc) is 3.01. The van der Waals surface area contributed by atoms with Gasteiger partial charge in [0.2, 0.25) is 10.0 Å². The number of rotatable bonds is 4. The lowest BCUT2D eigenvalue weighted by Crippen LogP contribution is -2.12. The third-order valence-corrected chi connectivity index (χ3v) is 4.97. The van der Waals surface area contributed by atoms with Gasteiger partial charge in [0, 0.05) is 12.0 Å². The molecule has 0 bridgehead atoms. The Kier molecular flexibility index (Phi) is 4.80. The first kappa shape index (κ1) is 18.1. The molecule has 0 aliphatic carbocycles. The summed E-state index contributed by atoms with van der Waals surface area (Å²) in [7, 11) is -2.48. The van der Waals surface area contributed by atoms with E-state index in [1.807, 2.05) is 0 Å². The van der Waals surface area contributed by atoms with Gasteiger partial charge in [0.1, 0.15) is 0 Å². The molecule has 0 unspecified atom stereocenters. The predicted molar refractivity (Wildman–Crippen MR) is 92.4 cm³/mol. The fourth-order valence-corrected chi connectivity index (χ4v) is 3.33. The molecule has 1 fully saturated rings. The molecule has 1 aliphatic heterocycles. The number of hydrogen-bond acceptors (Lipinski definition) is 5. The van der Waals surface area contributed by atoms with Crippen LogP contribution in [0.15, 0.2) is 52.9 Å². The molecule has 0 spiro atoms. The van der Waals surface area contributed by atoms with Gasteiger partial charge in [-0.15, -0.1) is 0 Å². The van der Waals surface area contributed by atoms with E-state index in [2.05, 4.69) is 0 Å². The van der Waals surface area contributed by atoms with Crippen molar-refractivity contribution in [3.8, 4) is 5.75 Å². The molecular weight excluding hydrogens is 361 g/mol. The number of ether oxygens (including phenoxy) is 2. The van der Waals surface area contributed by atoms with Crippen LogP contribution in [0, 0.1) is 5.82 Å². The van der Waals surface area contributed by atoms with Crippen LogP contribution in [0.1, 0.15) is 17.5 Å². The molecule has 2 N–H and O–H groups in total. The van der Waals surface area contributed by atoms with Crippen LogP contribution in [-0.4, -0.2) is 28.1 Å². The van der Waals surface area contributed by atoms with Crippen LogP contribution in [0.2, 0.25) is 0 Å². The number of halogens is 1. The highest BCUT2D eigenvalue weighted by Gasteiger charge is 2.25. The molecule has 26 heavy (non-hydrogen) atoms. The number of carbonyl (C=O) groups excluding carboxylic acids is 1. The molecule has 0 saturated carbocycles. The van der Waals surface area contributed by atoms with Gasteiger partial charge in [-0.05, 0) is 41.0 Å². The van der Waals surface area contributed by atoms with Gasteiger partial charge in [0.25, 0.3) is 0 Å². The molecule has 136 valence electrons. The number of carbonyl (C=O) groups is 1. The smallest absolute Gasteiger partial charge is 0.334 e. The summed E-state index contributed by atoms with van der Waals surface area (Å²) in [5.74, 6) is -0.973. The standard InChI is InChI=1S/C18H16FNO5S/c1-24-16-7-4-12(10-15(16)19)17(14-8-9-25-18(14)21)11-2-5-13(6-3-11)26(20,22)23/h2-7,10H,8-9H2,1H3,(H2,20,22,23). The molecule has 3 rings (SSSR count). The van der Waals surface area contributed by atoms with Crippen molar-refractivity contribution in [2.24, 2.45) is 5.14 Å². The lowest BCUT2D eigenvalue weighted by molar-refractivity contribution is -0.135. The highest BCUT2D eigenvalue weighted by Crippen LogP contribution is 2.34. The van der Waals surface area contributed by atoms with E-state index < -0.39 is 21.8 Å². The first-order valence-corrected chi connectivity index (χ1v) is 9.23. The third kappa shape index (κ3) is 3.47. The quantitative estimate of drug-likeness (QED) is 0.651. The third-order valence-electron chi connectivity index (χ3n) is 4.05. The van der Waals surface area contributed by atoms with Crippen molar-refractivity contribution in [3.05, 3.63) is 65.0 Å². The topological polar surface area (TPSA) is 95.7 Å². The number of hydrogen-bond donors (Lipinski definition) is 1. The van der Waals surface area contributed by atoms with Gasteiger partial charge >= 0.3 is 5.97 Å². The van der Waals surface area contributed by atoms with Crippen LogP contribution >= 0.6 is 0 Å². The first-order valence-electron chi connectivity index (χ1n) is 7.68. The number of primary sulfonamides is 1. The largest absolute Gasteiger partial charge is 0.494 e. The Morgan fingerprint density at radius 1 is 1.15 bits per heavy atom. The summed E-state index contributed by atoms with van der Waals surface area (Å²) in [5.41, 5.74) is 1.89. The summed E-state index contributed by atoms with van der Waals surface area (Å²) in [6.07, 6.45) is 0.374. The van der Waals surface area contributed by atoms with E-state index >= 15 is 0 Å². The van der Waals surface area contributed by atoms with E-state index in [0.717, 1.165) is 0 Å². The normalized spacial score (nSPS) is 16.3. The van der Waals surface area contributed by atoms with Crippen LogP contribution in [0.5, 0.6) is 5.75 Å². The average molecular weight is 377 g/mol. The molecule has 0 aromatic heterocycles. The van der Waals surface area contributed by atoms with Gasteiger partial charge in [-0.25, -0.2) is 22.7 Å². The number of sulfonamides is 1. The summed E-state index contributed by atoms with van der Waals surface area (Å²) in [6.45, 7) is 0.242. The van der Waals surface area contributed by atoms with Crippen molar-refractivity contribution in [3.63, 3.8) is 0 Å². The van der Waals surface area contributed by atoms with Gasteiger partial charge in [0.15, 0.2) is 11.6 Å². The minimum absolute atomic E-state index is 0.0551. The van der Waals surface area contributed by atoms with E-state index in [-0.39, 0.29) is 17.3 Å². The van der Waals surface area contributed by atoms with Crippen LogP contribution in [0.4, 0.5) is 4.39 Å². The highest BCUT2D eigenvalue weighted by molar-refractivity contribution is 7.89. The molecule has 0 amide bonds. The number of benzene rings is 2. The summed E-state index contributed by atoms with van der Waals surface area (Å²) in [4.78, 5) is 12.0. The van der Waals surface area contributed by atoms with Crippen molar-refractivity contribution in [1.82, 2.24) is 0 Å². The highest BCUT2D eigenvalue weighted by atomic mass is 32.2. The van der Waals surface area contributed by atoms with Gasteiger partial charge < -0.3 is 9.47 Å². The molecule has 0 radical (unpaired) electrons. The maximum absolute atomic E-state index is 14.2. The number of esters is 1. The summed E-state index contributed by atoms with van der Waals surface area (Å²) >= 11 is 0. The summed E-state index contributed by atoms with van der Waals surface area (Å²) < 4.78 is 47.0. The SMILES string of the molecule is COc1ccc(C(=C2CCOC2=O)c2ccc(S(N)(=O)=O)cc2)cc1F. The summed E-state index contributed by atoms with van der Waals surface area (Å²) in [6, 6.07) is 10.1. The first-order chi connectivity index (χ1) is 12.3. The Balaban J connectivity index is 2.17. The van der Waals surface area contributed by atoms with E-state index in [0.29, 0.717) is 28.7 Å². The Bertz CT molecular complexity index is 997. The lowest BCUT2D eigenvalue weighted by Gasteiger charge is -2.13. The molecule has 1 aliphatic rings. The van der Waals surface area contributed by atoms with Crippen molar-refractivity contribution in [2.45, 2.75) is 11.3 Å². The fraction of sp³-hybridized carbons (Fsp3) is 0.167. The Hall–Kier alpha value is -2.71. The Morgan fingerprint density at radius 2 is 1.81 bits per heavy atom. The van der Waals surface area contributed by atoms with Crippen molar-refractivity contribution < 1.29 is 27.1 Å². The van der Waals surface area contributed by atoms with Crippen LogP contribution in [0.3, 0.4) is 0 Å². The van der Waals surface area contributed by atoms with Crippen molar-refractivity contribution >= 4 is 21.6 Å². The van der Waals surface area contributed by atoms with E-state index in [9.17, 15) is 17.6 Å². The van der Waals surface area contributed by atoms with Gasteiger partial charge in [-0.2, -0.15) is 0 Å². The molecule has 6 nitrogen and oxygen atoms in total. The molecule has 2 aromatic carbocycles. The number of methoxy groups -OCH3 is 1. The van der Waals surface area contributed by atoms with Gasteiger partial charge in [-0.1, -0.05) is 18.2 Å². The second kappa shape index (κ2) is 6.89. The van der Waals surface area contributed by atoms with Crippen molar-refractivity contribution in [2.75, 3.05) is 13.7 Å². The molecule has 1 saturated heterocycles. The zero-order valence-corrected chi connectivity index (χ0v) is 14.7. The van der Waals surface area contributed by atoms with E-state index in [4.69, 9.17) is 14.6 Å². The Morgan fingerprint density at radius 3 is 2.31 bits per heavy atom. The maximum Gasteiger partial charge on any atom is 0.334 e. The Labute approximate surface area is 150 Å². The fourth-order valence-electron chi connectivity index (χ4n) is 2.81. The van der Waals surface area contributed by atoms with Crippen molar-refractivity contribution in [1.29, 1.82) is 0 Å². The maximum atomic E-state index is 14.2. The van der Waals surface area contributed by atoms with E-state index in [1.165, 1.54) is 43.5 Å². The molecule has 1 heterocycles. The van der Waals surface area contributed by atoms with Crippen LogP contribution < -0.4 is 9.88 Å². The molecular formula is C18H16FNO5S. The minimum Gasteiger partial charge on any atom is -0.494 e. The van der Waals surface area contributed by atoms with E-state index in [1.54, 1.807) is 6.07 Å². The number of cyclic esters (lactones) is 1. The molecule has 2 aromatic rings. The number of nitrogens with two attached hydrogens (primary N) is 1. The zero-order valence-electron chi connectivity index (χ0n) is 13.9. The van der Waals surface area contributed by atoms with Crippen LogP contribution in [0.25, 0.3) is 5.57 Å². The predicted octanol–water partition coefficient (Wildman–Crippen LogP) is 2.23. The van der Waals surface area contributed by atoms with Gasteiger partial charge in [0.05, 0.1) is 18.6 Å². The van der Waals surface area contributed by atoms with Crippen LogP contribution in [-0.2, 0) is 19.6 Å². The molecule has 0 atom stereocenters. The lowest BCUT2D eigenvalue weighted by atomic mass is 9.92. The molecule has 8 heteroatoms. The summed E-state index contributed by atoms with van der Waals surface area (Å²) in [5, 5.41) is 5.11. The zero-order chi connectivity index (χ0) is 18.9. The second-order valence-corrected chi connectivity index (χ2v) is 7.22. The monoisotopic (exact) mass is 377 g/mol.